The molecule has 136 valence electrons. The lowest BCUT2D eigenvalue weighted by molar-refractivity contribution is -0.187. The number of carboxylic acid groups (broad SMARTS) is 1. The molecule has 1 unspecified atom stereocenters. The summed E-state index contributed by atoms with van der Waals surface area (Å²) >= 11 is 5.92. The largest absolute Gasteiger partial charge is 0.478 e. The molecule has 9 heteroatoms. The molecule has 0 amide bonds. The molecule has 2 aromatic carbocycles. The molecular weight excluding hydrogens is 383 g/mol. The predicted molar refractivity (Wildman–Crippen MR) is 82.9 cm³/mol. The summed E-state index contributed by atoms with van der Waals surface area (Å²) in [4.78, 5) is 11.2. The first-order chi connectivity index (χ1) is 12.1. The molecule has 1 N–H and O–H groups in total. The third kappa shape index (κ3) is 3.37. The first kappa shape index (κ1) is 18.2. The molecule has 0 saturated heterocycles. The number of benzene rings is 2. The summed E-state index contributed by atoms with van der Waals surface area (Å²) in [6.45, 7) is 0. The third-order valence-electron chi connectivity index (χ3n) is 3.63. The Kier molecular flexibility index (Phi) is 4.39. The van der Waals surface area contributed by atoms with Crippen LogP contribution in [0.25, 0.3) is 17.2 Å². The maximum atomic E-state index is 13.5. The fraction of sp³-hybridized carbons (Fsp3) is 0.118. The monoisotopic (exact) mass is 390 g/mol. The zero-order valence-corrected chi connectivity index (χ0v) is 13.3. The summed E-state index contributed by atoms with van der Waals surface area (Å²) in [6, 6.07) is 4.78. The Morgan fingerprint density at radius 3 is 2.23 bits per heavy atom. The number of ether oxygens (including phenoxy) is 1. The molecule has 3 rings (SSSR count). The highest BCUT2D eigenvalue weighted by molar-refractivity contribution is 6.31. The normalized spacial score (nSPS) is 16.5. The number of hydrogen-bond donors (Lipinski definition) is 1. The van der Waals surface area contributed by atoms with Crippen molar-refractivity contribution in [1.82, 2.24) is 0 Å². The summed E-state index contributed by atoms with van der Waals surface area (Å²) in [5.74, 6) is -4.07. The van der Waals surface area contributed by atoms with E-state index < -0.39 is 35.5 Å². The van der Waals surface area contributed by atoms with Gasteiger partial charge >= 0.3 is 12.1 Å². The summed E-state index contributed by atoms with van der Waals surface area (Å²) in [6.07, 6.45) is -6.96. The highest BCUT2D eigenvalue weighted by atomic mass is 35.5. The van der Waals surface area contributed by atoms with Crippen LogP contribution in [0.15, 0.2) is 35.9 Å². The second kappa shape index (κ2) is 6.28. The standard InChI is InChI=1S/C17H8ClF5O3/c18-9-1-8-4-13(16(24)25)15(17(21,22)23)26-14(8)12(5-9)7-2-10(19)6-11(20)3-7/h1-6,15H,(H,24,25). The molecular formula is C17H8ClF5O3. The van der Waals surface area contributed by atoms with Gasteiger partial charge in [-0.2, -0.15) is 13.2 Å². The molecule has 0 aliphatic carbocycles. The van der Waals surface area contributed by atoms with Gasteiger partial charge in [0.05, 0.1) is 5.57 Å². The van der Waals surface area contributed by atoms with Gasteiger partial charge < -0.3 is 9.84 Å². The van der Waals surface area contributed by atoms with Crippen LogP contribution in [0.5, 0.6) is 5.75 Å². The molecule has 0 fully saturated rings. The Morgan fingerprint density at radius 1 is 1.08 bits per heavy atom. The fourth-order valence-electron chi connectivity index (χ4n) is 2.62. The van der Waals surface area contributed by atoms with Crippen molar-refractivity contribution in [1.29, 1.82) is 0 Å². The Morgan fingerprint density at radius 2 is 1.69 bits per heavy atom. The number of rotatable bonds is 2. The van der Waals surface area contributed by atoms with Gasteiger partial charge in [-0.1, -0.05) is 11.6 Å². The van der Waals surface area contributed by atoms with Gasteiger partial charge in [0.2, 0.25) is 6.10 Å². The van der Waals surface area contributed by atoms with Crippen molar-refractivity contribution in [3.8, 4) is 16.9 Å². The molecule has 1 heterocycles. The van der Waals surface area contributed by atoms with Crippen LogP contribution in [-0.2, 0) is 4.79 Å². The van der Waals surface area contributed by atoms with E-state index in [-0.39, 0.29) is 27.5 Å². The smallest absolute Gasteiger partial charge is 0.430 e. The Balaban J connectivity index is 2.26. The van der Waals surface area contributed by atoms with Gasteiger partial charge in [-0.3, -0.25) is 0 Å². The summed E-state index contributed by atoms with van der Waals surface area (Å²) in [7, 11) is 0. The molecule has 3 nitrogen and oxygen atoms in total. The second-order valence-corrected chi connectivity index (χ2v) is 5.91. The van der Waals surface area contributed by atoms with Crippen LogP contribution in [0.4, 0.5) is 22.0 Å². The number of aliphatic carboxylic acids is 1. The van der Waals surface area contributed by atoms with Gasteiger partial charge in [0.1, 0.15) is 17.4 Å². The number of carbonyl (C=O) groups is 1. The highest BCUT2D eigenvalue weighted by Crippen LogP contribution is 2.44. The lowest BCUT2D eigenvalue weighted by Crippen LogP contribution is -2.40. The molecule has 0 radical (unpaired) electrons. The highest BCUT2D eigenvalue weighted by Gasteiger charge is 2.48. The summed E-state index contributed by atoms with van der Waals surface area (Å²) in [5.41, 5.74) is -1.27. The van der Waals surface area contributed by atoms with Gasteiger partial charge in [-0.25, -0.2) is 13.6 Å². The fourth-order valence-corrected chi connectivity index (χ4v) is 2.85. The Labute approximate surface area is 148 Å². The van der Waals surface area contributed by atoms with Crippen molar-refractivity contribution in [3.05, 3.63) is 58.1 Å². The topological polar surface area (TPSA) is 46.5 Å². The number of alkyl halides is 3. The SMILES string of the molecule is O=C(O)C1=Cc2cc(Cl)cc(-c3cc(F)cc(F)c3)c2OC1C(F)(F)F. The average Bonchev–Trinajstić information content (AvgIpc) is 2.50. The maximum Gasteiger partial charge on any atom is 0.430 e. The Hall–Kier alpha value is -2.61. The first-order valence-electron chi connectivity index (χ1n) is 7.04. The summed E-state index contributed by atoms with van der Waals surface area (Å²) in [5, 5.41) is 9.07. The Bertz CT molecular complexity index is 916. The molecule has 1 aliphatic heterocycles. The van der Waals surface area contributed by atoms with Gasteiger partial charge in [0, 0.05) is 22.2 Å². The van der Waals surface area contributed by atoms with Crippen molar-refractivity contribution in [2.24, 2.45) is 0 Å². The van der Waals surface area contributed by atoms with E-state index in [1.54, 1.807) is 0 Å². The van der Waals surface area contributed by atoms with E-state index in [9.17, 15) is 26.7 Å². The van der Waals surface area contributed by atoms with Crippen LogP contribution in [0, 0.1) is 11.6 Å². The van der Waals surface area contributed by atoms with E-state index in [1.807, 2.05) is 0 Å². The zero-order valence-electron chi connectivity index (χ0n) is 12.6. The maximum absolute atomic E-state index is 13.5. The van der Waals surface area contributed by atoms with Crippen molar-refractivity contribution >= 4 is 23.6 Å². The lowest BCUT2D eigenvalue weighted by Gasteiger charge is -2.28. The van der Waals surface area contributed by atoms with E-state index >= 15 is 0 Å². The second-order valence-electron chi connectivity index (χ2n) is 5.47. The average molecular weight is 391 g/mol. The minimum Gasteiger partial charge on any atom is -0.478 e. The zero-order chi connectivity index (χ0) is 19.2. The van der Waals surface area contributed by atoms with E-state index in [4.69, 9.17) is 21.4 Å². The molecule has 0 bridgehead atoms. The van der Waals surface area contributed by atoms with E-state index in [0.29, 0.717) is 6.07 Å². The van der Waals surface area contributed by atoms with Crippen molar-refractivity contribution in [3.63, 3.8) is 0 Å². The lowest BCUT2D eigenvalue weighted by atomic mass is 9.95. The number of fused-ring (bicyclic) bond motifs is 1. The molecule has 26 heavy (non-hydrogen) atoms. The number of carboxylic acids is 1. The van der Waals surface area contributed by atoms with Crippen molar-refractivity contribution in [2.75, 3.05) is 0 Å². The van der Waals surface area contributed by atoms with Crippen LogP contribution in [0.3, 0.4) is 0 Å². The predicted octanol–water partition coefficient (Wildman–Crippen LogP) is 5.08. The van der Waals surface area contributed by atoms with Crippen LogP contribution in [-0.4, -0.2) is 23.4 Å². The minimum atomic E-state index is -5.01. The number of hydrogen-bond acceptors (Lipinski definition) is 2. The quantitative estimate of drug-likeness (QED) is 0.728. The third-order valence-corrected chi connectivity index (χ3v) is 3.85. The van der Waals surface area contributed by atoms with Crippen LogP contribution in [0.2, 0.25) is 5.02 Å². The van der Waals surface area contributed by atoms with E-state index in [0.717, 1.165) is 18.2 Å². The van der Waals surface area contributed by atoms with Crippen LogP contribution < -0.4 is 4.74 Å². The van der Waals surface area contributed by atoms with E-state index in [1.165, 1.54) is 12.1 Å². The van der Waals surface area contributed by atoms with Gasteiger partial charge in [0.25, 0.3) is 0 Å². The van der Waals surface area contributed by atoms with Crippen LogP contribution >= 0.6 is 11.6 Å². The van der Waals surface area contributed by atoms with Gasteiger partial charge in [0.15, 0.2) is 0 Å². The minimum absolute atomic E-state index is 0.0264. The van der Waals surface area contributed by atoms with Crippen molar-refractivity contribution in [2.45, 2.75) is 12.3 Å². The molecule has 0 saturated carbocycles. The molecule has 0 spiro atoms. The molecule has 2 aromatic rings. The van der Waals surface area contributed by atoms with Gasteiger partial charge in [-0.15, -0.1) is 0 Å². The summed E-state index contributed by atoms with van der Waals surface area (Å²) < 4.78 is 71.5. The molecule has 1 atom stereocenters. The first-order valence-corrected chi connectivity index (χ1v) is 7.42. The van der Waals surface area contributed by atoms with Gasteiger partial charge in [-0.05, 0) is 35.9 Å². The van der Waals surface area contributed by atoms with Crippen LogP contribution in [0.1, 0.15) is 5.56 Å². The molecule has 0 aromatic heterocycles. The van der Waals surface area contributed by atoms with E-state index in [2.05, 4.69) is 0 Å². The number of halogens is 6. The van der Waals surface area contributed by atoms with Crippen molar-refractivity contribution < 1.29 is 36.6 Å². The molecule has 1 aliphatic rings.